The van der Waals surface area contributed by atoms with E-state index in [9.17, 15) is 24.8 Å². The Labute approximate surface area is 235 Å². The Hall–Kier alpha value is -4.84. The van der Waals surface area contributed by atoms with E-state index in [1.807, 2.05) is 0 Å². The number of hydrogen-bond donors (Lipinski definition) is 0. The number of benzene rings is 5. The third-order valence-corrected chi connectivity index (χ3v) is 11.9. The van der Waals surface area contributed by atoms with E-state index in [0.29, 0.717) is 10.6 Å². The lowest BCUT2D eigenvalue weighted by molar-refractivity contribution is -0.384. The zero-order valence-corrected chi connectivity index (χ0v) is 23.1. The maximum atomic E-state index is 15.1. The van der Waals surface area contributed by atoms with Crippen LogP contribution in [0.4, 0.5) is 11.4 Å². The van der Waals surface area contributed by atoms with Crippen LogP contribution in [0.5, 0.6) is 5.75 Å². The zero-order chi connectivity index (χ0) is 29.0. The van der Waals surface area contributed by atoms with E-state index in [1.54, 1.807) is 78.9 Å². The minimum Gasteiger partial charge on any atom is -0.436 e. The lowest BCUT2D eigenvalue weighted by Crippen LogP contribution is -2.28. The van der Waals surface area contributed by atoms with Crippen molar-refractivity contribution in [3.05, 3.63) is 154 Å². The molecule has 0 N–H and O–H groups in total. The smallest absolute Gasteiger partial charge is 0.307 e. The fourth-order valence-electron chi connectivity index (χ4n) is 4.47. The molecule has 5 aromatic rings. The van der Waals surface area contributed by atoms with Gasteiger partial charge in [-0.25, -0.2) is 0 Å². The van der Waals surface area contributed by atoms with Gasteiger partial charge in [0.25, 0.3) is 11.4 Å². The van der Waals surface area contributed by atoms with E-state index < -0.39 is 24.4 Å². The van der Waals surface area contributed by atoms with Gasteiger partial charge in [0.1, 0.15) is 5.75 Å². The summed E-state index contributed by atoms with van der Waals surface area (Å²) in [7, 11) is -7.89. The van der Waals surface area contributed by atoms with Crippen molar-refractivity contribution in [1.82, 2.24) is 0 Å². The number of nitrogens with zero attached hydrogens (tertiary/aromatic N) is 2. The van der Waals surface area contributed by atoms with Gasteiger partial charge in [0.15, 0.2) is 7.14 Å². The predicted molar refractivity (Wildman–Crippen MR) is 160 cm³/mol. The van der Waals surface area contributed by atoms with E-state index >= 15 is 4.57 Å². The third-order valence-electron chi connectivity index (χ3n) is 6.43. The van der Waals surface area contributed by atoms with Gasteiger partial charge in [0, 0.05) is 34.9 Å². The van der Waals surface area contributed by atoms with Gasteiger partial charge in [-0.1, -0.05) is 84.9 Å². The van der Waals surface area contributed by atoms with E-state index in [0.717, 1.165) is 12.1 Å². The summed E-state index contributed by atoms with van der Waals surface area (Å²) in [5, 5.41) is 24.3. The van der Waals surface area contributed by atoms with Crippen molar-refractivity contribution in [2.24, 2.45) is 0 Å². The first-order chi connectivity index (χ1) is 19.7. The van der Waals surface area contributed by atoms with Crippen LogP contribution in [-0.2, 0) is 9.13 Å². The molecule has 5 rings (SSSR count). The van der Waals surface area contributed by atoms with Crippen LogP contribution in [0.15, 0.2) is 133 Å². The summed E-state index contributed by atoms with van der Waals surface area (Å²) in [6, 6.07) is 34.4. The largest absolute Gasteiger partial charge is 0.436 e. The number of hydrogen-bond acceptors (Lipinski definition) is 7. The Bertz CT molecular complexity index is 1740. The maximum absolute atomic E-state index is 15.1. The molecule has 0 aliphatic heterocycles. The first-order valence-corrected chi connectivity index (χ1v) is 15.7. The van der Waals surface area contributed by atoms with Crippen molar-refractivity contribution in [1.29, 1.82) is 0 Å². The number of para-hydroxylation sites is 1. The lowest BCUT2D eigenvalue weighted by atomic mass is 10.3. The summed E-state index contributed by atoms with van der Waals surface area (Å²) in [6.07, 6.45) is 0. The normalized spacial score (nSPS) is 11.5. The molecule has 0 saturated carbocycles. The molecule has 0 amide bonds. The predicted octanol–water partition coefficient (Wildman–Crippen LogP) is 5.45. The molecule has 9 nitrogen and oxygen atoms in total. The fraction of sp³-hybridized carbons (Fsp3) is 0. The van der Waals surface area contributed by atoms with E-state index in [-0.39, 0.29) is 33.0 Å². The lowest BCUT2D eigenvalue weighted by Gasteiger charge is -2.26. The van der Waals surface area contributed by atoms with Crippen LogP contribution < -0.4 is 31.0 Å². The van der Waals surface area contributed by atoms with Gasteiger partial charge >= 0.3 is 7.37 Å². The average molecular weight is 584 g/mol. The number of nitro groups is 2. The molecule has 0 aromatic heterocycles. The molecule has 0 saturated heterocycles. The first kappa shape index (κ1) is 27.7. The Kier molecular flexibility index (Phi) is 7.66. The summed E-state index contributed by atoms with van der Waals surface area (Å²) < 4.78 is 36.4. The molecule has 0 radical (unpaired) electrons. The van der Waals surface area contributed by atoms with Gasteiger partial charge in [-0.15, -0.1) is 0 Å². The highest BCUT2D eigenvalue weighted by molar-refractivity contribution is 7.85. The van der Waals surface area contributed by atoms with Crippen LogP contribution in [0.2, 0.25) is 0 Å². The van der Waals surface area contributed by atoms with Gasteiger partial charge in [0.05, 0.1) is 25.8 Å². The van der Waals surface area contributed by atoms with Crippen molar-refractivity contribution in [3.8, 4) is 5.75 Å². The van der Waals surface area contributed by atoms with Crippen molar-refractivity contribution in [2.75, 3.05) is 0 Å². The van der Waals surface area contributed by atoms with Crippen LogP contribution in [0.3, 0.4) is 0 Å². The molecule has 0 fully saturated rings. The molecule has 5 aromatic carbocycles. The molecule has 204 valence electrons. The Morgan fingerprint density at radius 2 is 0.927 bits per heavy atom. The zero-order valence-electron chi connectivity index (χ0n) is 21.3. The highest BCUT2D eigenvalue weighted by atomic mass is 31.2. The van der Waals surface area contributed by atoms with Crippen molar-refractivity contribution in [3.63, 3.8) is 0 Å². The van der Waals surface area contributed by atoms with E-state index in [4.69, 9.17) is 4.52 Å². The summed E-state index contributed by atoms with van der Waals surface area (Å²) >= 11 is 0. The molecule has 41 heavy (non-hydrogen) atoms. The first-order valence-electron chi connectivity index (χ1n) is 12.3. The second kappa shape index (κ2) is 11.3. The Morgan fingerprint density at radius 3 is 1.39 bits per heavy atom. The van der Waals surface area contributed by atoms with Crippen LogP contribution in [-0.4, -0.2) is 9.85 Å². The summed E-state index contributed by atoms with van der Waals surface area (Å²) in [6.45, 7) is 0. The van der Waals surface area contributed by atoms with Crippen molar-refractivity contribution in [2.45, 2.75) is 0 Å². The minimum absolute atomic E-state index is 0.0184. The number of rotatable bonds is 9. The second-order valence-electron chi connectivity index (χ2n) is 8.94. The van der Waals surface area contributed by atoms with Crippen molar-refractivity contribution < 1.29 is 23.5 Å². The standard InChI is InChI=1S/C30H22N2O7P2/c33-31(34)23-11-9-17-27(21-23)41(38,28-18-10-12-24(22-28)32(35)36)39-29-19-7-8-20-30(29)40(37,25-13-3-1-4-14-25)26-15-5-2-6-16-26/h1-22H. The van der Waals surface area contributed by atoms with Gasteiger partial charge in [-0.3, -0.25) is 24.8 Å². The van der Waals surface area contributed by atoms with Gasteiger partial charge in [-0.05, 0) is 24.3 Å². The Balaban J connectivity index is 1.76. The van der Waals surface area contributed by atoms with E-state index in [2.05, 4.69) is 0 Å². The monoisotopic (exact) mass is 584 g/mol. The topological polar surface area (TPSA) is 130 Å². The van der Waals surface area contributed by atoms with Gasteiger partial charge in [-0.2, -0.15) is 0 Å². The molecule has 0 unspecified atom stereocenters. The molecule has 0 aliphatic rings. The molecule has 0 aliphatic carbocycles. The number of non-ortho nitro benzene ring substituents is 2. The molecular weight excluding hydrogens is 562 g/mol. The quantitative estimate of drug-likeness (QED) is 0.128. The van der Waals surface area contributed by atoms with Crippen LogP contribution in [0.25, 0.3) is 0 Å². The number of nitro benzene ring substituents is 2. The molecule has 11 heteroatoms. The Morgan fingerprint density at radius 1 is 0.512 bits per heavy atom. The summed E-state index contributed by atoms with van der Waals surface area (Å²) in [5.41, 5.74) is -0.659. The average Bonchev–Trinajstić information content (AvgIpc) is 3.02. The van der Waals surface area contributed by atoms with Crippen LogP contribution >= 0.6 is 14.5 Å². The van der Waals surface area contributed by atoms with E-state index in [1.165, 1.54) is 42.5 Å². The molecule has 0 bridgehead atoms. The fourth-order valence-corrected chi connectivity index (χ4v) is 9.42. The van der Waals surface area contributed by atoms with Gasteiger partial charge < -0.3 is 9.09 Å². The third kappa shape index (κ3) is 5.33. The van der Waals surface area contributed by atoms with Crippen molar-refractivity contribution >= 4 is 52.4 Å². The summed E-state index contributed by atoms with van der Waals surface area (Å²) in [5.74, 6) is 0.0184. The van der Waals surface area contributed by atoms with Gasteiger partial charge in [0.2, 0.25) is 0 Å². The molecule has 0 atom stereocenters. The summed E-state index contributed by atoms with van der Waals surface area (Å²) in [4.78, 5) is 21.9. The molecule has 0 spiro atoms. The minimum atomic E-state index is -4.29. The molecule has 0 heterocycles. The second-order valence-corrected chi connectivity index (χ2v) is 14.0. The van der Waals surface area contributed by atoms with Crippen LogP contribution in [0, 0.1) is 20.2 Å². The maximum Gasteiger partial charge on any atom is 0.307 e. The highest BCUT2D eigenvalue weighted by Crippen LogP contribution is 2.50. The van der Waals surface area contributed by atoms with Crippen LogP contribution in [0.1, 0.15) is 0 Å². The SMILES string of the molecule is O=[N+]([O-])c1cccc(P(=O)(Oc2ccccc2P(=O)(c2ccccc2)c2ccccc2)c2cccc([N+](=O)[O-])c2)c1. The highest BCUT2D eigenvalue weighted by Gasteiger charge is 2.37. The molecular formula is C30H22N2O7P2.